The molecular formula is C12H22N6O2S. The summed E-state index contributed by atoms with van der Waals surface area (Å²) in [5.41, 5.74) is 0. The highest BCUT2D eigenvalue weighted by Crippen LogP contribution is 2.18. The molecular weight excluding hydrogens is 292 g/mol. The molecule has 1 aromatic rings. The molecule has 1 saturated heterocycles. The molecule has 1 aliphatic rings. The van der Waals surface area contributed by atoms with Crippen LogP contribution in [0.15, 0.2) is 0 Å². The highest BCUT2D eigenvalue weighted by molar-refractivity contribution is 7.91. The normalized spacial score (nSPS) is 15.2. The van der Waals surface area contributed by atoms with Crippen LogP contribution in [0.4, 0.5) is 17.8 Å². The van der Waals surface area contributed by atoms with E-state index in [-0.39, 0.29) is 11.5 Å². The number of nitrogens with one attached hydrogen (secondary N) is 2. The van der Waals surface area contributed by atoms with Gasteiger partial charge in [0.25, 0.3) is 0 Å². The molecule has 1 aromatic heterocycles. The zero-order chi connectivity index (χ0) is 15.3. The van der Waals surface area contributed by atoms with Gasteiger partial charge in [-0.25, -0.2) is 8.42 Å². The van der Waals surface area contributed by atoms with Gasteiger partial charge in [0.2, 0.25) is 17.8 Å². The summed E-state index contributed by atoms with van der Waals surface area (Å²) in [5, 5.41) is 5.87. The fourth-order valence-corrected chi connectivity index (χ4v) is 2.78. The van der Waals surface area contributed by atoms with E-state index in [1.807, 2.05) is 0 Å². The van der Waals surface area contributed by atoms with Gasteiger partial charge >= 0.3 is 0 Å². The summed E-state index contributed by atoms with van der Waals surface area (Å²) >= 11 is 0. The number of hydrogen-bond donors (Lipinski definition) is 2. The number of rotatable bonds is 7. The Labute approximate surface area is 125 Å². The minimum atomic E-state index is -2.99. The van der Waals surface area contributed by atoms with E-state index in [9.17, 15) is 8.42 Å². The van der Waals surface area contributed by atoms with E-state index < -0.39 is 9.84 Å². The summed E-state index contributed by atoms with van der Waals surface area (Å²) in [6.07, 6.45) is 2.27. The van der Waals surface area contributed by atoms with E-state index >= 15 is 0 Å². The maximum Gasteiger partial charge on any atom is 0.231 e. The fraction of sp³-hybridized carbons (Fsp3) is 0.750. The van der Waals surface area contributed by atoms with E-state index in [1.165, 1.54) is 0 Å². The fourth-order valence-electron chi connectivity index (χ4n) is 2.08. The molecule has 0 spiro atoms. The summed E-state index contributed by atoms with van der Waals surface area (Å²) in [5.74, 6) is 1.73. The van der Waals surface area contributed by atoms with Gasteiger partial charge in [0.1, 0.15) is 0 Å². The predicted molar refractivity (Wildman–Crippen MR) is 83.6 cm³/mol. The topological polar surface area (TPSA) is 100 Å². The first-order valence-electron chi connectivity index (χ1n) is 7.17. The first kappa shape index (κ1) is 15.7. The summed E-state index contributed by atoms with van der Waals surface area (Å²) in [6, 6.07) is 0. The van der Waals surface area contributed by atoms with Crippen LogP contribution in [0.1, 0.15) is 19.8 Å². The molecule has 2 rings (SSSR count). The highest BCUT2D eigenvalue weighted by Gasteiger charge is 2.17. The Hall–Kier alpha value is -1.64. The van der Waals surface area contributed by atoms with Gasteiger partial charge in [0.05, 0.1) is 5.75 Å². The van der Waals surface area contributed by atoms with Gasteiger partial charge in [-0.15, -0.1) is 0 Å². The third-order valence-corrected chi connectivity index (χ3v) is 5.08. The van der Waals surface area contributed by atoms with Crippen LogP contribution in [0.25, 0.3) is 0 Å². The minimum Gasteiger partial charge on any atom is -0.357 e. The minimum absolute atomic E-state index is 0.0725. The smallest absolute Gasteiger partial charge is 0.231 e. The van der Waals surface area contributed by atoms with E-state index in [0.717, 1.165) is 25.9 Å². The lowest BCUT2D eigenvalue weighted by Crippen LogP contribution is -2.23. The van der Waals surface area contributed by atoms with Crippen molar-refractivity contribution in [1.82, 2.24) is 15.0 Å². The molecule has 21 heavy (non-hydrogen) atoms. The zero-order valence-electron chi connectivity index (χ0n) is 12.5. The summed E-state index contributed by atoms with van der Waals surface area (Å²) < 4.78 is 22.9. The second-order valence-corrected chi connectivity index (χ2v) is 7.36. The molecule has 0 aromatic carbocycles. The van der Waals surface area contributed by atoms with Crippen molar-refractivity contribution in [2.45, 2.75) is 19.8 Å². The second-order valence-electron chi connectivity index (χ2n) is 4.89. The van der Waals surface area contributed by atoms with Crippen molar-refractivity contribution >= 4 is 27.7 Å². The molecule has 8 nitrogen and oxygen atoms in total. The SMILES string of the molecule is CCS(=O)(=O)CCNc1nc(NC)nc(N2CCCC2)n1. The van der Waals surface area contributed by atoms with Crippen molar-refractivity contribution in [1.29, 1.82) is 0 Å². The van der Waals surface area contributed by atoms with Crippen LogP contribution in [-0.4, -0.2) is 61.6 Å². The predicted octanol–water partition coefficient (Wildman–Crippen LogP) is 0.360. The van der Waals surface area contributed by atoms with Crippen LogP contribution in [-0.2, 0) is 9.84 Å². The first-order chi connectivity index (χ1) is 10.0. The van der Waals surface area contributed by atoms with Crippen LogP contribution in [0.5, 0.6) is 0 Å². The lowest BCUT2D eigenvalue weighted by atomic mass is 10.4. The second kappa shape index (κ2) is 6.88. The molecule has 0 saturated carbocycles. The monoisotopic (exact) mass is 314 g/mol. The van der Waals surface area contributed by atoms with Gasteiger partial charge in [-0.1, -0.05) is 6.92 Å². The van der Waals surface area contributed by atoms with E-state index in [1.54, 1.807) is 14.0 Å². The quantitative estimate of drug-likeness (QED) is 0.744. The molecule has 0 atom stereocenters. The Morgan fingerprint density at radius 1 is 1.14 bits per heavy atom. The molecule has 0 unspecified atom stereocenters. The molecule has 0 amide bonds. The van der Waals surface area contributed by atoms with Crippen molar-refractivity contribution in [3.63, 3.8) is 0 Å². The van der Waals surface area contributed by atoms with Crippen molar-refractivity contribution in [2.75, 3.05) is 53.7 Å². The summed E-state index contributed by atoms with van der Waals surface area (Å²) in [7, 11) is -1.25. The molecule has 0 radical (unpaired) electrons. The van der Waals surface area contributed by atoms with Crippen molar-refractivity contribution < 1.29 is 8.42 Å². The maximum atomic E-state index is 11.5. The van der Waals surface area contributed by atoms with Gasteiger partial charge < -0.3 is 15.5 Å². The summed E-state index contributed by atoms with van der Waals surface area (Å²) in [6.45, 7) is 3.82. The lowest BCUT2D eigenvalue weighted by molar-refractivity contribution is 0.597. The number of nitrogens with zero attached hydrogens (tertiary/aromatic N) is 4. The molecule has 118 valence electrons. The van der Waals surface area contributed by atoms with Gasteiger partial charge in [-0.2, -0.15) is 15.0 Å². The number of hydrogen-bond acceptors (Lipinski definition) is 8. The van der Waals surface area contributed by atoms with E-state index in [2.05, 4.69) is 30.5 Å². The Kier molecular flexibility index (Phi) is 5.16. The van der Waals surface area contributed by atoms with E-state index in [0.29, 0.717) is 24.4 Å². The molecule has 9 heteroatoms. The highest BCUT2D eigenvalue weighted by atomic mass is 32.2. The average molecular weight is 314 g/mol. The Bertz CT molecular complexity index is 571. The van der Waals surface area contributed by atoms with E-state index in [4.69, 9.17) is 0 Å². The Morgan fingerprint density at radius 2 is 1.81 bits per heavy atom. The number of sulfone groups is 1. The van der Waals surface area contributed by atoms with Crippen LogP contribution in [0.2, 0.25) is 0 Å². The maximum absolute atomic E-state index is 11.5. The van der Waals surface area contributed by atoms with Crippen LogP contribution in [0.3, 0.4) is 0 Å². The third kappa shape index (κ3) is 4.42. The Morgan fingerprint density at radius 3 is 2.43 bits per heavy atom. The summed E-state index contributed by atoms with van der Waals surface area (Å²) in [4.78, 5) is 15.0. The van der Waals surface area contributed by atoms with Gasteiger partial charge in [-0.05, 0) is 12.8 Å². The molecule has 2 N–H and O–H groups in total. The largest absolute Gasteiger partial charge is 0.357 e. The first-order valence-corrected chi connectivity index (χ1v) is 8.99. The van der Waals surface area contributed by atoms with Crippen molar-refractivity contribution in [3.05, 3.63) is 0 Å². The zero-order valence-corrected chi connectivity index (χ0v) is 13.3. The molecule has 1 aliphatic heterocycles. The van der Waals surface area contributed by atoms with Crippen molar-refractivity contribution in [2.24, 2.45) is 0 Å². The average Bonchev–Trinajstić information content (AvgIpc) is 3.01. The molecule has 1 fully saturated rings. The lowest BCUT2D eigenvalue weighted by Gasteiger charge is -2.16. The molecule has 0 bridgehead atoms. The third-order valence-electron chi connectivity index (χ3n) is 3.37. The number of aromatic nitrogens is 3. The van der Waals surface area contributed by atoms with Crippen molar-refractivity contribution in [3.8, 4) is 0 Å². The van der Waals surface area contributed by atoms with Gasteiger partial charge in [-0.3, -0.25) is 0 Å². The standard InChI is InChI=1S/C12H22N6O2S/c1-3-21(19,20)9-6-14-11-15-10(13-2)16-12(17-11)18-7-4-5-8-18/h3-9H2,1-2H3,(H2,13,14,15,16,17). The van der Waals surface area contributed by atoms with Crippen LogP contribution in [0, 0.1) is 0 Å². The number of anilines is 3. The van der Waals surface area contributed by atoms with Crippen LogP contribution < -0.4 is 15.5 Å². The molecule has 2 heterocycles. The van der Waals surface area contributed by atoms with Gasteiger partial charge in [0.15, 0.2) is 9.84 Å². The van der Waals surface area contributed by atoms with Crippen LogP contribution >= 0.6 is 0 Å². The van der Waals surface area contributed by atoms with Gasteiger partial charge in [0, 0.05) is 32.4 Å². The molecule has 0 aliphatic carbocycles. The Balaban J connectivity index is 2.06.